The molecule has 6 heteroatoms. The number of pyridine rings is 1. The van der Waals surface area contributed by atoms with Crippen molar-refractivity contribution >= 4 is 11.9 Å². The highest BCUT2D eigenvalue weighted by molar-refractivity contribution is 5.95. The minimum absolute atomic E-state index is 0.0346. The van der Waals surface area contributed by atoms with Gasteiger partial charge in [-0.2, -0.15) is 0 Å². The van der Waals surface area contributed by atoms with Gasteiger partial charge in [-0.05, 0) is 43.7 Å². The summed E-state index contributed by atoms with van der Waals surface area (Å²) in [4.78, 5) is 28.7. The third-order valence-corrected chi connectivity index (χ3v) is 3.89. The zero-order chi connectivity index (χ0) is 18.4. The first-order chi connectivity index (χ1) is 11.9. The predicted octanol–water partition coefficient (Wildman–Crippen LogP) is 2.74. The fourth-order valence-corrected chi connectivity index (χ4v) is 2.50. The predicted molar refractivity (Wildman–Crippen MR) is 93.5 cm³/mol. The molecule has 0 aliphatic heterocycles. The zero-order valence-electron chi connectivity index (χ0n) is 14.8. The normalized spacial score (nSPS) is 11.5. The van der Waals surface area contributed by atoms with Crippen LogP contribution in [0, 0.1) is 13.8 Å². The number of aryl methyl sites for hydroxylation is 2. The average molecular weight is 342 g/mol. The fourth-order valence-electron chi connectivity index (χ4n) is 2.50. The lowest BCUT2D eigenvalue weighted by molar-refractivity contribution is -0.141. The van der Waals surface area contributed by atoms with Crippen LogP contribution in [0.2, 0.25) is 0 Å². The second-order valence-corrected chi connectivity index (χ2v) is 5.67. The van der Waals surface area contributed by atoms with Crippen molar-refractivity contribution in [2.45, 2.75) is 26.3 Å². The third-order valence-electron chi connectivity index (χ3n) is 3.89. The Morgan fingerprint density at radius 2 is 1.76 bits per heavy atom. The molecule has 1 atom stereocenters. The van der Waals surface area contributed by atoms with Crippen LogP contribution >= 0.6 is 0 Å². The maximum atomic E-state index is 12.6. The van der Waals surface area contributed by atoms with Crippen LogP contribution in [0.15, 0.2) is 36.4 Å². The van der Waals surface area contributed by atoms with E-state index in [1.54, 1.807) is 38.3 Å². The highest BCUT2D eigenvalue weighted by Gasteiger charge is 2.21. The minimum atomic E-state index is -0.508. The summed E-state index contributed by atoms with van der Waals surface area (Å²) in [6.45, 7) is 3.65. The van der Waals surface area contributed by atoms with Crippen LogP contribution in [0.5, 0.6) is 5.75 Å². The lowest BCUT2D eigenvalue weighted by Gasteiger charge is -2.19. The Kier molecular flexibility index (Phi) is 6.11. The van der Waals surface area contributed by atoms with E-state index in [4.69, 9.17) is 9.47 Å². The quantitative estimate of drug-likeness (QED) is 0.817. The molecule has 2 rings (SSSR count). The second-order valence-electron chi connectivity index (χ2n) is 5.67. The molecule has 0 saturated heterocycles. The summed E-state index contributed by atoms with van der Waals surface area (Å²) in [6.07, 6.45) is 0.0346. The van der Waals surface area contributed by atoms with Gasteiger partial charge < -0.3 is 14.8 Å². The van der Waals surface area contributed by atoms with Crippen molar-refractivity contribution in [3.8, 4) is 5.75 Å². The molecule has 0 spiro atoms. The molecule has 6 nitrogen and oxygen atoms in total. The van der Waals surface area contributed by atoms with Gasteiger partial charge in [-0.3, -0.25) is 14.6 Å². The summed E-state index contributed by atoms with van der Waals surface area (Å²) < 4.78 is 9.89. The molecule has 0 fully saturated rings. The van der Waals surface area contributed by atoms with E-state index in [1.165, 1.54) is 7.11 Å². The van der Waals surface area contributed by atoms with Crippen LogP contribution in [0.25, 0.3) is 0 Å². The van der Waals surface area contributed by atoms with Gasteiger partial charge in [0.05, 0.1) is 37.9 Å². The van der Waals surface area contributed by atoms with Crippen molar-refractivity contribution in [3.05, 3.63) is 58.9 Å². The van der Waals surface area contributed by atoms with E-state index in [0.717, 1.165) is 11.3 Å². The molecule has 0 aliphatic rings. The molecule has 1 amide bonds. The van der Waals surface area contributed by atoms with Gasteiger partial charge in [0.25, 0.3) is 5.91 Å². The second kappa shape index (κ2) is 8.28. The number of nitrogens with zero attached hydrogens (tertiary/aromatic N) is 1. The number of aromatic nitrogens is 1. The lowest BCUT2D eigenvalue weighted by Crippen LogP contribution is -2.31. The molecule has 0 aliphatic carbocycles. The monoisotopic (exact) mass is 342 g/mol. The Balaban J connectivity index is 2.25. The lowest BCUT2D eigenvalue weighted by atomic mass is 10.0. The van der Waals surface area contributed by atoms with Crippen molar-refractivity contribution in [1.29, 1.82) is 0 Å². The van der Waals surface area contributed by atoms with E-state index < -0.39 is 12.0 Å². The molecule has 0 bridgehead atoms. The summed E-state index contributed by atoms with van der Waals surface area (Å²) in [5.74, 6) is 0.0139. The average Bonchev–Trinajstić information content (AvgIpc) is 2.60. The highest BCUT2D eigenvalue weighted by atomic mass is 16.5. The topological polar surface area (TPSA) is 77.5 Å². The molecular formula is C19H22N2O4. The van der Waals surface area contributed by atoms with E-state index in [9.17, 15) is 9.59 Å². The number of esters is 1. The largest absolute Gasteiger partial charge is 0.497 e. The Morgan fingerprint density at radius 3 is 2.32 bits per heavy atom. The van der Waals surface area contributed by atoms with Crippen molar-refractivity contribution in [2.24, 2.45) is 0 Å². The van der Waals surface area contributed by atoms with E-state index in [-0.39, 0.29) is 12.3 Å². The molecular weight excluding hydrogens is 320 g/mol. The van der Waals surface area contributed by atoms with Gasteiger partial charge in [0.2, 0.25) is 0 Å². The van der Waals surface area contributed by atoms with E-state index in [1.807, 2.05) is 19.1 Å². The van der Waals surface area contributed by atoms with Crippen molar-refractivity contribution in [1.82, 2.24) is 10.3 Å². The number of carbonyl (C=O) groups excluding carboxylic acids is 2. The number of hydrogen-bond acceptors (Lipinski definition) is 5. The van der Waals surface area contributed by atoms with E-state index in [2.05, 4.69) is 10.3 Å². The van der Waals surface area contributed by atoms with Crippen molar-refractivity contribution in [2.75, 3.05) is 14.2 Å². The number of nitrogens with one attached hydrogen (secondary N) is 1. The van der Waals surface area contributed by atoms with Crippen LogP contribution in [0.4, 0.5) is 0 Å². The van der Waals surface area contributed by atoms with Crippen LogP contribution in [0.3, 0.4) is 0 Å². The Hall–Kier alpha value is -2.89. The first-order valence-electron chi connectivity index (χ1n) is 7.90. The Bertz CT molecular complexity index is 757. The minimum Gasteiger partial charge on any atom is -0.497 e. The van der Waals surface area contributed by atoms with Gasteiger partial charge in [0, 0.05) is 5.69 Å². The fraction of sp³-hybridized carbons (Fsp3) is 0.316. The van der Waals surface area contributed by atoms with Crippen LogP contribution in [0.1, 0.15) is 39.8 Å². The summed E-state index contributed by atoms with van der Waals surface area (Å²) in [5, 5.41) is 2.89. The summed E-state index contributed by atoms with van der Waals surface area (Å²) in [5.41, 5.74) is 2.76. The Labute approximate surface area is 147 Å². The number of ether oxygens (including phenoxy) is 2. The summed E-state index contributed by atoms with van der Waals surface area (Å²) in [7, 11) is 2.90. The highest BCUT2D eigenvalue weighted by Crippen LogP contribution is 2.21. The molecule has 0 saturated carbocycles. The SMILES string of the molecule is COC(=O)CC(NC(=O)c1ccc(C)nc1C)c1ccc(OC)cc1. The maximum absolute atomic E-state index is 12.6. The van der Waals surface area contributed by atoms with Gasteiger partial charge in [-0.25, -0.2) is 0 Å². The van der Waals surface area contributed by atoms with Crippen molar-refractivity contribution in [3.63, 3.8) is 0 Å². The van der Waals surface area contributed by atoms with Gasteiger partial charge in [0.15, 0.2) is 0 Å². The number of methoxy groups -OCH3 is 2. The van der Waals surface area contributed by atoms with E-state index >= 15 is 0 Å². The molecule has 1 aromatic heterocycles. The Morgan fingerprint density at radius 1 is 1.08 bits per heavy atom. The molecule has 1 aromatic carbocycles. The van der Waals surface area contributed by atoms with Gasteiger partial charge >= 0.3 is 5.97 Å². The molecule has 1 N–H and O–H groups in total. The number of rotatable bonds is 6. The molecule has 2 aromatic rings. The van der Waals surface area contributed by atoms with Gasteiger partial charge in [0.1, 0.15) is 5.75 Å². The number of benzene rings is 1. The number of amides is 1. The summed E-state index contributed by atoms with van der Waals surface area (Å²) in [6, 6.07) is 10.2. The first-order valence-corrected chi connectivity index (χ1v) is 7.90. The standard InChI is InChI=1S/C19H22N2O4/c1-12-5-10-16(13(2)20-12)19(23)21-17(11-18(22)25-4)14-6-8-15(24-3)9-7-14/h5-10,17H,11H2,1-4H3,(H,21,23). The molecule has 1 unspecified atom stereocenters. The summed E-state index contributed by atoms with van der Waals surface area (Å²) >= 11 is 0. The number of hydrogen-bond donors (Lipinski definition) is 1. The molecule has 1 heterocycles. The van der Waals surface area contributed by atoms with Gasteiger partial charge in [-0.1, -0.05) is 12.1 Å². The van der Waals surface area contributed by atoms with Crippen LogP contribution in [-0.2, 0) is 9.53 Å². The first kappa shape index (κ1) is 18.4. The molecule has 0 radical (unpaired) electrons. The molecule has 25 heavy (non-hydrogen) atoms. The smallest absolute Gasteiger partial charge is 0.307 e. The third kappa shape index (κ3) is 4.79. The maximum Gasteiger partial charge on any atom is 0.307 e. The van der Waals surface area contributed by atoms with Crippen LogP contribution < -0.4 is 10.1 Å². The van der Waals surface area contributed by atoms with E-state index in [0.29, 0.717) is 17.0 Å². The van der Waals surface area contributed by atoms with Gasteiger partial charge in [-0.15, -0.1) is 0 Å². The van der Waals surface area contributed by atoms with Crippen LogP contribution in [-0.4, -0.2) is 31.1 Å². The van der Waals surface area contributed by atoms with Crippen molar-refractivity contribution < 1.29 is 19.1 Å². The zero-order valence-corrected chi connectivity index (χ0v) is 14.8. The molecule has 132 valence electrons. The number of carbonyl (C=O) groups is 2.